The first-order valence-electron chi connectivity index (χ1n) is 15.5. The van der Waals surface area contributed by atoms with Crippen LogP contribution in [0, 0.1) is 6.92 Å². The van der Waals surface area contributed by atoms with E-state index < -0.39 is 29.1 Å². The van der Waals surface area contributed by atoms with E-state index in [2.05, 4.69) is 20.4 Å². The third-order valence-electron chi connectivity index (χ3n) is 8.46. The number of aromatic hydroxyl groups is 1. The number of aryl methyl sites for hydroxylation is 1. The Balaban J connectivity index is 1.34. The summed E-state index contributed by atoms with van der Waals surface area (Å²) >= 11 is 5.87. The Morgan fingerprint density at radius 3 is 2.53 bits per heavy atom. The van der Waals surface area contributed by atoms with Crippen LogP contribution in [0.4, 0.5) is 24.5 Å². The van der Waals surface area contributed by atoms with Gasteiger partial charge in [0.05, 0.1) is 29.5 Å². The van der Waals surface area contributed by atoms with Crippen molar-refractivity contribution in [3.05, 3.63) is 80.3 Å². The molecule has 2 amide bonds. The molecule has 2 aliphatic rings. The molecule has 0 unspecified atom stereocenters. The molecule has 5 heterocycles. The van der Waals surface area contributed by atoms with Crippen molar-refractivity contribution in [3.8, 4) is 5.75 Å². The van der Waals surface area contributed by atoms with Crippen LogP contribution in [0.3, 0.4) is 0 Å². The highest BCUT2D eigenvalue weighted by atomic mass is 35.5. The van der Waals surface area contributed by atoms with Gasteiger partial charge >= 0.3 is 6.18 Å². The van der Waals surface area contributed by atoms with Crippen molar-refractivity contribution in [3.63, 3.8) is 0 Å². The number of halogens is 4. The van der Waals surface area contributed by atoms with Crippen LogP contribution in [-0.4, -0.2) is 85.4 Å². The maximum absolute atomic E-state index is 14.1. The molecule has 49 heavy (non-hydrogen) atoms. The summed E-state index contributed by atoms with van der Waals surface area (Å²) in [5.41, 5.74) is 0.591. The lowest BCUT2D eigenvalue weighted by atomic mass is 10.1. The Morgan fingerprint density at radius 1 is 1.14 bits per heavy atom. The summed E-state index contributed by atoms with van der Waals surface area (Å²) in [4.78, 5) is 52.8. The van der Waals surface area contributed by atoms with Crippen LogP contribution in [0.1, 0.15) is 46.5 Å². The zero-order chi connectivity index (χ0) is 35.0. The van der Waals surface area contributed by atoms with Gasteiger partial charge in [-0.1, -0.05) is 24.6 Å². The van der Waals surface area contributed by atoms with Crippen LogP contribution < -0.4 is 15.8 Å². The summed E-state index contributed by atoms with van der Waals surface area (Å²) < 4.78 is 47.8. The Kier molecular flexibility index (Phi) is 9.35. The molecular weight excluding hydrogens is 669 g/mol. The van der Waals surface area contributed by atoms with Crippen LogP contribution in [0.2, 0.25) is 5.02 Å². The Bertz CT molecular complexity index is 2040. The fourth-order valence-corrected chi connectivity index (χ4v) is 6.14. The second kappa shape index (κ2) is 13.5. The number of ether oxygens (including phenoxy) is 1. The SMILES string of the molecule is CCc1c(N2CCN(C(=O)c3ncc(Cl)cc3O)CC2)c(=O)n2nc(C3=CCOCC3)nc2n1CC(=O)Nc1ccc(C(F)(F)F)cc1C. The summed E-state index contributed by atoms with van der Waals surface area (Å²) in [7, 11) is 0. The van der Waals surface area contributed by atoms with Gasteiger partial charge in [0.15, 0.2) is 11.5 Å². The summed E-state index contributed by atoms with van der Waals surface area (Å²) in [6.07, 6.45) is -0.583. The Labute approximate surface area is 282 Å². The molecule has 0 atom stereocenters. The number of hydrogen-bond acceptors (Lipinski definition) is 9. The molecule has 4 aromatic rings. The van der Waals surface area contributed by atoms with Gasteiger partial charge in [-0.3, -0.25) is 14.4 Å². The largest absolute Gasteiger partial charge is 0.505 e. The number of carbonyl (C=O) groups excluding carboxylic acids is 2. The molecule has 6 rings (SSSR count). The highest BCUT2D eigenvalue weighted by molar-refractivity contribution is 6.30. The number of benzene rings is 1. The van der Waals surface area contributed by atoms with E-state index in [0.29, 0.717) is 37.6 Å². The van der Waals surface area contributed by atoms with Crippen LogP contribution in [-0.2, 0) is 28.7 Å². The lowest BCUT2D eigenvalue weighted by Crippen LogP contribution is -2.51. The van der Waals surface area contributed by atoms with Crippen LogP contribution >= 0.6 is 11.6 Å². The molecule has 258 valence electrons. The number of anilines is 2. The summed E-state index contributed by atoms with van der Waals surface area (Å²) in [5, 5.41) is 17.6. The predicted molar refractivity (Wildman–Crippen MR) is 174 cm³/mol. The molecule has 17 heteroatoms. The van der Waals surface area contributed by atoms with Crippen molar-refractivity contribution < 1.29 is 32.6 Å². The molecule has 2 N–H and O–H groups in total. The standard InChI is InChI=1S/C32H32ClF3N8O5/c1-3-23-27(41-8-10-42(11-9-41)29(47)26-24(45)15-21(33)16-37-26)30(48)44-31(39-28(40-44)19-6-12-49-13-7-19)43(23)17-25(46)38-22-5-4-20(14-18(22)2)32(34,35)36/h4-6,14-16,45H,3,7-13,17H2,1-2H3,(H,38,46). The zero-order valence-electron chi connectivity index (χ0n) is 26.6. The number of fused-ring (bicyclic) bond motifs is 1. The molecule has 1 aromatic carbocycles. The zero-order valence-corrected chi connectivity index (χ0v) is 27.3. The fourth-order valence-electron chi connectivity index (χ4n) is 5.99. The van der Waals surface area contributed by atoms with E-state index in [-0.39, 0.29) is 71.9 Å². The summed E-state index contributed by atoms with van der Waals surface area (Å²) in [5.74, 6) is -0.927. The average molecular weight is 701 g/mol. The lowest BCUT2D eigenvalue weighted by molar-refractivity contribution is -0.137. The number of nitrogens with zero attached hydrogens (tertiary/aromatic N) is 7. The molecule has 0 spiro atoms. The van der Waals surface area contributed by atoms with Gasteiger partial charge in [-0.15, -0.1) is 5.10 Å². The molecule has 0 bridgehead atoms. The van der Waals surface area contributed by atoms with Crippen LogP contribution in [0.5, 0.6) is 5.75 Å². The molecule has 0 aliphatic carbocycles. The van der Waals surface area contributed by atoms with Crippen molar-refractivity contribution in [2.24, 2.45) is 0 Å². The van der Waals surface area contributed by atoms with Crippen molar-refractivity contribution in [1.29, 1.82) is 0 Å². The van der Waals surface area contributed by atoms with Gasteiger partial charge < -0.3 is 29.5 Å². The van der Waals surface area contributed by atoms with E-state index in [0.717, 1.165) is 22.2 Å². The second-order valence-electron chi connectivity index (χ2n) is 11.6. The van der Waals surface area contributed by atoms with Gasteiger partial charge in [0, 0.05) is 44.1 Å². The monoisotopic (exact) mass is 700 g/mol. The number of alkyl halides is 3. The van der Waals surface area contributed by atoms with E-state index in [1.165, 1.54) is 30.2 Å². The smallest absolute Gasteiger partial charge is 0.416 e. The van der Waals surface area contributed by atoms with Gasteiger partial charge in [0.2, 0.25) is 11.7 Å². The molecular formula is C32H32ClF3N8O5. The van der Waals surface area contributed by atoms with E-state index in [1.54, 1.807) is 4.57 Å². The number of pyridine rings is 1. The van der Waals surface area contributed by atoms with Crippen LogP contribution in [0.25, 0.3) is 11.4 Å². The molecule has 13 nitrogen and oxygen atoms in total. The Hall–Kier alpha value is -4.96. The molecule has 0 radical (unpaired) electrons. The maximum atomic E-state index is 14.1. The first kappa shape index (κ1) is 33.9. The summed E-state index contributed by atoms with van der Waals surface area (Å²) in [6, 6.07) is 4.30. The van der Waals surface area contributed by atoms with Crippen molar-refractivity contribution >= 4 is 46.1 Å². The molecule has 0 saturated carbocycles. The number of rotatable bonds is 7. The Morgan fingerprint density at radius 2 is 1.90 bits per heavy atom. The van der Waals surface area contributed by atoms with Gasteiger partial charge in [-0.05, 0) is 49.1 Å². The highest BCUT2D eigenvalue weighted by Crippen LogP contribution is 2.32. The quantitative estimate of drug-likeness (QED) is 0.293. The first-order valence-corrected chi connectivity index (χ1v) is 15.9. The molecule has 1 fully saturated rings. The van der Waals surface area contributed by atoms with Crippen molar-refractivity contribution in [1.82, 2.24) is 29.0 Å². The normalized spacial score (nSPS) is 15.4. The fraction of sp³-hybridized carbons (Fsp3) is 0.375. The first-order chi connectivity index (χ1) is 23.3. The van der Waals surface area contributed by atoms with Crippen molar-refractivity contribution in [2.45, 2.75) is 39.4 Å². The topological polar surface area (TPSA) is 147 Å². The van der Waals surface area contributed by atoms with E-state index in [1.807, 2.05) is 17.9 Å². The number of piperazine rings is 1. The number of carbonyl (C=O) groups is 2. The number of nitrogens with one attached hydrogen (secondary N) is 1. The molecule has 2 aliphatic heterocycles. The van der Waals surface area contributed by atoms with Crippen molar-refractivity contribution in [2.75, 3.05) is 49.6 Å². The predicted octanol–water partition coefficient (Wildman–Crippen LogP) is 3.94. The second-order valence-corrected chi connectivity index (χ2v) is 12.1. The lowest BCUT2D eigenvalue weighted by Gasteiger charge is -2.36. The van der Waals surface area contributed by atoms with E-state index >= 15 is 0 Å². The number of aromatic nitrogens is 5. The average Bonchev–Trinajstić information content (AvgIpc) is 3.53. The van der Waals surface area contributed by atoms with Crippen LogP contribution in [0.15, 0.2) is 41.3 Å². The number of hydrogen-bond donors (Lipinski definition) is 2. The van der Waals surface area contributed by atoms with Gasteiger partial charge in [0.1, 0.15) is 18.0 Å². The minimum atomic E-state index is -4.53. The highest BCUT2D eigenvalue weighted by Gasteiger charge is 2.32. The molecule has 3 aromatic heterocycles. The third kappa shape index (κ3) is 6.83. The van der Waals surface area contributed by atoms with Gasteiger partial charge in [-0.2, -0.15) is 22.7 Å². The summed E-state index contributed by atoms with van der Waals surface area (Å²) in [6.45, 7) is 4.69. The van der Waals surface area contributed by atoms with Gasteiger partial charge in [0.25, 0.3) is 11.5 Å². The van der Waals surface area contributed by atoms with E-state index in [4.69, 9.17) is 16.3 Å². The third-order valence-corrected chi connectivity index (χ3v) is 8.67. The molecule has 1 saturated heterocycles. The maximum Gasteiger partial charge on any atom is 0.416 e. The number of amides is 2. The minimum absolute atomic E-state index is 0.130. The van der Waals surface area contributed by atoms with Gasteiger partial charge in [-0.25, -0.2) is 4.98 Å². The minimum Gasteiger partial charge on any atom is -0.505 e. The van der Waals surface area contributed by atoms with E-state index in [9.17, 15) is 32.7 Å².